The maximum atomic E-state index is 12.8. The number of carbonyl (C=O) groups excluding carboxylic acids is 2. The van der Waals surface area contributed by atoms with Crippen molar-refractivity contribution in [1.82, 2.24) is 14.7 Å². The SMILES string of the molecule is CN(C)C(=O)CN1CCN(C(=O)CN2CCCc3c(N)cccc32)CC1. The Morgan fingerprint density at radius 3 is 2.50 bits per heavy atom. The van der Waals surface area contributed by atoms with Crippen LogP contribution in [0.1, 0.15) is 12.0 Å². The van der Waals surface area contributed by atoms with Crippen LogP contribution in [0.2, 0.25) is 0 Å². The van der Waals surface area contributed by atoms with Gasteiger partial charge < -0.3 is 20.4 Å². The molecular formula is C19H29N5O2. The van der Waals surface area contributed by atoms with Crippen LogP contribution < -0.4 is 10.6 Å². The fourth-order valence-corrected chi connectivity index (χ4v) is 3.64. The molecule has 2 N–H and O–H groups in total. The van der Waals surface area contributed by atoms with Crippen LogP contribution in [0.3, 0.4) is 0 Å². The smallest absolute Gasteiger partial charge is 0.242 e. The highest BCUT2D eigenvalue weighted by Gasteiger charge is 2.26. The van der Waals surface area contributed by atoms with E-state index in [4.69, 9.17) is 5.73 Å². The molecule has 1 aromatic carbocycles. The minimum absolute atomic E-state index is 0.104. The normalized spacial score (nSPS) is 17.8. The van der Waals surface area contributed by atoms with Crippen molar-refractivity contribution < 1.29 is 9.59 Å². The minimum Gasteiger partial charge on any atom is -0.398 e. The lowest BCUT2D eigenvalue weighted by Gasteiger charge is -2.37. The average molecular weight is 359 g/mol. The van der Waals surface area contributed by atoms with Gasteiger partial charge in [0, 0.05) is 58.2 Å². The van der Waals surface area contributed by atoms with Crippen LogP contribution in [-0.4, -0.2) is 86.4 Å². The van der Waals surface area contributed by atoms with Gasteiger partial charge in [-0.3, -0.25) is 14.5 Å². The van der Waals surface area contributed by atoms with E-state index in [0.717, 1.165) is 43.9 Å². The highest BCUT2D eigenvalue weighted by atomic mass is 16.2. The van der Waals surface area contributed by atoms with E-state index in [0.29, 0.717) is 26.2 Å². The number of anilines is 2. The van der Waals surface area contributed by atoms with Crippen LogP contribution in [0.5, 0.6) is 0 Å². The number of nitrogen functional groups attached to an aromatic ring is 1. The minimum atomic E-state index is 0.104. The van der Waals surface area contributed by atoms with Crippen molar-refractivity contribution in [2.75, 3.05) is 70.5 Å². The number of carbonyl (C=O) groups is 2. The molecule has 0 bridgehead atoms. The fraction of sp³-hybridized carbons (Fsp3) is 0.579. The van der Waals surface area contributed by atoms with Crippen molar-refractivity contribution in [1.29, 1.82) is 0 Å². The molecule has 0 saturated carbocycles. The molecule has 1 fully saturated rings. The summed E-state index contributed by atoms with van der Waals surface area (Å²) in [7, 11) is 3.54. The topological polar surface area (TPSA) is 73.1 Å². The van der Waals surface area contributed by atoms with Gasteiger partial charge in [0.1, 0.15) is 0 Å². The molecular weight excluding hydrogens is 330 g/mol. The van der Waals surface area contributed by atoms with E-state index in [2.05, 4.69) is 15.9 Å². The summed E-state index contributed by atoms with van der Waals surface area (Å²) in [6.45, 7) is 4.55. The van der Waals surface area contributed by atoms with E-state index in [1.807, 2.05) is 17.0 Å². The Balaban J connectivity index is 1.54. The molecule has 26 heavy (non-hydrogen) atoms. The molecule has 0 aromatic heterocycles. The van der Waals surface area contributed by atoms with Gasteiger partial charge in [-0.25, -0.2) is 0 Å². The molecule has 7 heteroatoms. The number of hydrogen-bond donors (Lipinski definition) is 1. The summed E-state index contributed by atoms with van der Waals surface area (Å²) in [5.74, 6) is 0.256. The van der Waals surface area contributed by atoms with Crippen LogP contribution in [0.25, 0.3) is 0 Å². The Morgan fingerprint density at radius 1 is 1.08 bits per heavy atom. The lowest BCUT2D eigenvalue weighted by molar-refractivity contribution is -0.133. The molecule has 3 rings (SSSR count). The van der Waals surface area contributed by atoms with Crippen LogP contribution in [0, 0.1) is 0 Å². The Bertz CT molecular complexity index is 668. The molecule has 0 unspecified atom stereocenters. The summed E-state index contributed by atoms with van der Waals surface area (Å²) >= 11 is 0. The quantitative estimate of drug-likeness (QED) is 0.781. The van der Waals surface area contributed by atoms with Crippen LogP contribution in [-0.2, 0) is 16.0 Å². The summed E-state index contributed by atoms with van der Waals surface area (Å²) in [5, 5.41) is 0. The molecule has 2 aliphatic heterocycles. The van der Waals surface area contributed by atoms with Crippen LogP contribution in [0.15, 0.2) is 18.2 Å². The summed E-state index contributed by atoms with van der Waals surface area (Å²) in [6.07, 6.45) is 2.00. The van der Waals surface area contributed by atoms with Gasteiger partial charge in [-0.15, -0.1) is 0 Å². The summed E-state index contributed by atoms with van der Waals surface area (Å²) in [4.78, 5) is 32.4. The molecule has 2 aliphatic rings. The lowest BCUT2D eigenvalue weighted by Crippen LogP contribution is -2.53. The second-order valence-electron chi connectivity index (χ2n) is 7.32. The van der Waals surface area contributed by atoms with Crippen molar-refractivity contribution in [3.63, 3.8) is 0 Å². The van der Waals surface area contributed by atoms with E-state index >= 15 is 0 Å². The maximum absolute atomic E-state index is 12.8. The van der Waals surface area contributed by atoms with Gasteiger partial charge in [-0.2, -0.15) is 0 Å². The highest BCUT2D eigenvalue weighted by Crippen LogP contribution is 2.31. The third-order valence-electron chi connectivity index (χ3n) is 5.29. The maximum Gasteiger partial charge on any atom is 0.242 e. The molecule has 7 nitrogen and oxygen atoms in total. The number of likely N-dealkylation sites (N-methyl/N-ethyl adjacent to an activating group) is 1. The third kappa shape index (κ3) is 4.09. The fourth-order valence-electron chi connectivity index (χ4n) is 3.64. The molecule has 0 spiro atoms. The van der Waals surface area contributed by atoms with Gasteiger partial charge >= 0.3 is 0 Å². The number of hydrogen-bond acceptors (Lipinski definition) is 5. The largest absolute Gasteiger partial charge is 0.398 e. The monoisotopic (exact) mass is 359 g/mol. The molecule has 1 saturated heterocycles. The molecule has 0 aliphatic carbocycles. The zero-order chi connectivity index (χ0) is 18.7. The number of piperazine rings is 1. The van der Waals surface area contributed by atoms with Crippen molar-refractivity contribution >= 4 is 23.2 Å². The molecule has 0 radical (unpaired) electrons. The van der Waals surface area contributed by atoms with Crippen molar-refractivity contribution in [2.45, 2.75) is 12.8 Å². The Hall–Kier alpha value is -2.28. The first-order valence-electron chi connectivity index (χ1n) is 9.28. The van der Waals surface area contributed by atoms with E-state index in [1.165, 1.54) is 5.56 Å². The van der Waals surface area contributed by atoms with Crippen molar-refractivity contribution in [3.8, 4) is 0 Å². The van der Waals surface area contributed by atoms with E-state index in [1.54, 1.807) is 19.0 Å². The van der Waals surface area contributed by atoms with Crippen molar-refractivity contribution in [2.24, 2.45) is 0 Å². The lowest BCUT2D eigenvalue weighted by atomic mass is 10.00. The molecule has 142 valence electrons. The number of fused-ring (bicyclic) bond motifs is 1. The number of rotatable bonds is 4. The molecule has 2 heterocycles. The molecule has 2 amide bonds. The predicted molar refractivity (Wildman–Crippen MR) is 103 cm³/mol. The van der Waals surface area contributed by atoms with Gasteiger partial charge in [-0.05, 0) is 30.5 Å². The second kappa shape index (κ2) is 7.95. The molecule has 0 atom stereocenters. The van der Waals surface area contributed by atoms with E-state index < -0.39 is 0 Å². The number of benzene rings is 1. The summed E-state index contributed by atoms with van der Waals surface area (Å²) in [5.41, 5.74) is 9.18. The first kappa shape index (κ1) is 18.5. The number of nitrogens with zero attached hydrogens (tertiary/aromatic N) is 4. The number of amides is 2. The first-order valence-corrected chi connectivity index (χ1v) is 9.28. The Kier molecular flexibility index (Phi) is 5.66. The van der Waals surface area contributed by atoms with Gasteiger partial charge in [0.2, 0.25) is 11.8 Å². The zero-order valence-corrected chi connectivity index (χ0v) is 15.8. The summed E-state index contributed by atoms with van der Waals surface area (Å²) < 4.78 is 0. The molecule has 1 aromatic rings. The first-order chi connectivity index (χ1) is 12.5. The van der Waals surface area contributed by atoms with Crippen LogP contribution in [0.4, 0.5) is 11.4 Å². The second-order valence-corrected chi connectivity index (χ2v) is 7.32. The average Bonchev–Trinajstić information content (AvgIpc) is 2.63. The van der Waals surface area contributed by atoms with Gasteiger partial charge in [0.05, 0.1) is 13.1 Å². The predicted octanol–water partition coefficient (Wildman–Crippen LogP) is 0.254. The van der Waals surface area contributed by atoms with E-state index in [-0.39, 0.29) is 11.8 Å². The van der Waals surface area contributed by atoms with Crippen LogP contribution >= 0.6 is 0 Å². The number of nitrogens with two attached hydrogens (primary N) is 1. The Morgan fingerprint density at radius 2 is 1.81 bits per heavy atom. The third-order valence-corrected chi connectivity index (χ3v) is 5.29. The van der Waals surface area contributed by atoms with Gasteiger partial charge in [-0.1, -0.05) is 6.07 Å². The summed E-state index contributed by atoms with van der Waals surface area (Å²) in [6, 6.07) is 5.94. The van der Waals surface area contributed by atoms with Gasteiger partial charge in [0.15, 0.2) is 0 Å². The zero-order valence-electron chi connectivity index (χ0n) is 15.8. The Labute approximate surface area is 155 Å². The van der Waals surface area contributed by atoms with Gasteiger partial charge in [0.25, 0.3) is 0 Å². The van der Waals surface area contributed by atoms with Crippen molar-refractivity contribution in [3.05, 3.63) is 23.8 Å². The standard InChI is InChI=1S/C19H29N5O2/c1-21(2)18(25)13-22-9-11-23(12-10-22)19(26)14-24-8-4-5-15-16(20)6-3-7-17(15)24/h3,6-7H,4-5,8-14,20H2,1-2H3. The van der Waals surface area contributed by atoms with E-state index in [9.17, 15) is 9.59 Å². The highest BCUT2D eigenvalue weighted by molar-refractivity contribution is 5.83.